The monoisotopic (exact) mass is 255 g/mol. The summed E-state index contributed by atoms with van der Waals surface area (Å²) in [6.45, 7) is 0. The van der Waals surface area contributed by atoms with Crippen LogP contribution in [0, 0.1) is 0 Å². The molecule has 0 saturated carbocycles. The van der Waals surface area contributed by atoms with Gasteiger partial charge in [-0.2, -0.15) is 0 Å². The lowest BCUT2D eigenvalue weighted by molar-refractivity contribution is -0.139. The Labute approximate surface area is 107 Å². The van der Waals surface area contributed by atoms with Crippen molar-refractivity contribution >= 4 is 29.3 Å². The van der Waals surface area contributed by atoms with E-state index in [-0.39, 0.29) is 19.4 Å². The Hall–Kier alpha value is -1.52. The number of hydrogen-bond acceptors (Lipinski definition) is 2. The number of aromatic amines is 1. The minimum Gasteiger partial charge on any atom is -0.480 e. The van der Waals surface area contributed by atoms with Crippen molar-refractivity contribution in [1.82, 2.24) is 10.3 Å². The van der Waals surface area contributed by atoms with Gasteiger partial charge in [-0.25, -0.2) is 0 Å². The number of halogens is 1. The summed E-state index contributed by atoms with van der Waals surface area (Å²) in [7, 11) is -0.0979. The fourth-order valence-corrected chi connectivity index (χ4v) is 1.77. The zero-order chi connectivity index (χ0) is 12.3. The molecular formula is C12H15ClN2O2. The molecule has 3 N–H and O–H groups in total. The summed E-state index contributed by atoms with van der Waals surface area (Å²) in [6.07, 6.45) is 2.20. The molecule has 17 heavy (non-hydrogen) atoms. The van der Waals surface area contributed by atoms with Crippen LogP contribution < -0.4 is 5.32 Å². The van der Waals surface area contributed by atoms with E-state index in [0.717, 1.165) is 16.5 Å². The van der Waals surface area contributed by atoms with E-state index >= 15 is 0 Å². The number of H-pyrrole nitrogens is 1. The van der Waals surface area contributed by atoms with E-state index in [0.29, 0.717) is 6.42 Å². The second-order valence-electron chi connectivity index (χ2n) is 3.66. The summed E-state index contributed by atoms with van der Waals surface area (Å²) in [5.74, 6) is -0.928. The molecule has 0 radical (unpaired) electrons. The maximum Gasteiger partial charge on any atom is 0.321 e. The van der Waals surface area contributed by atoms with Crippen molar-refractivity contribution in [3.63, 3.8) is 0 Å². The van der Waals surface area contributed by atoms with Crippen LogP contribution in [0.5, 0.6) is 0 Å². The van der Waals surface area contributed by atoms with Crippen LogP contribution in [-0.4, -0.2) is 29.1 Å². The number of carbonyl (C=O) groups is 1. The van der Waals surface area contributed by atoms with Gasteiger partial charge < -0.3 is 15.4 Å². The number of carboxylic acid groups (broad SMARTS) is 1. The standard InChI is InChI=1S/C12H14N2O2.ClH/c1-13-11(12(15)16)6-8-7-14-10-5-3-2-4-9(8)10;/h2-5,7,11,13-14H,6H2,1H3,(H,15,16);1H/t11-;/m0./s1/i1D;. The molecule has 0 fully saturated rings. The molecule has 0 aliphatic rings. The average Bonchev–Trinajstić information content (AvgIpc) is 2.72. The second-order valence-corrected chi connectivity index (χ2v) is 3.66. The van der Waals surface area contributed by atoms with Crippen molar-refractivity contribution in [2.45, 2.75) is 12.5 Å². The van der Waals surface area contributed by atoms with Gasteiger partial charge in [-0.3, -0.25) is 4.79 Å². The normalized spacial score (nSPS) is 12.8. The van der Waals surface area contributed by atoms with Crippen LogP contribution in [0.2, 0.25) is 0 Å². The van der Waals surface area contributed by atoms with E-state index in [4.69, 9.17) is 6.48 Å². The van der Waals surface area contributed by atoms with E-state index in [1.165, 1.54) is 0 Å². The lowest BCUT2D eigenvalue weighted by Crippen LogP contribution is -2.35. The van der Waals surface area contributed by atoms with Crippen LogP contribution in [0.25, 0.3) is 10.9 Å². The maximum absolute atomic E-state index is 11.0. The van der Waals surface area contributed by atoms with Crippen molar-refractivity contribution < 1.29 is 11.3 Å². The summed E-state index contributed by atoms with van der Waals surface area (Å²) < 4.78 is 7.04. The summed E-state index contributed by atoms with van der Waals surface area (Å²) in [4.78, 5) is 14.1. The van der Waals surface area contributed by atoms with Gasteiger partial charge in [-0.15, -0.1) is 12.4 Å². The number of aromatic nitrogens is 1. The molecule has 0 amide bonds. The number of rotatable bonds is 4. The molecule has 5 heteroatoms. The Morgan fingerprint density at radius 1 is 1.59 bits per heavy atom. The van der Waals surface area contributed by atoms with Crippen molar-refractivity contribution in [3.05, 3.63) is 36.0 Å². The van der Waals surface area contributed by atoms with Crippen LogP contribution in [0.15, 0.2) is 30.5 Å². The molecule has 1 aromatic carbocycles. The fraction of sp³-hybridized carbons (Fsp3) is 0.250. The lowest BCUT2D eigenvalue weighted by Gasteiger charge is -2.09. The topological polar surface area (TPSA) is 65.1 Å². The van der Waals surface area contributed by atoms with Gasteiger partial charge in [0.25, 0.3) is 0 Å². The third kappa shape index (κ3) is 2.78. The molecule has 2 rings (SSSR count). The number of fused-ring (bicyclic) bond motifs is 1. The Balaban J connectivity index is 0.00000162. The van der Waals surface area contributed by atoms with Crippen LogP contribution in [0.3, 0.4) is 0 Å². The van der Waals surface area contributed by atoms with E-state index in [1.807, 2.05) is 30.5 Å². The molecule has 0 bridgehead atoms. The molecule has 1 atom stereocenters. The van der Waals surface area contributed by atoms with Gasteiger partial charge in [-0.1, -0.05) is 18.2 Å². The maximum atomic E-state index is 11.0. The molecule has 0 spiro atoms. The molecule has 1 aromatic heterocycles. The molecule has 92 valence electrons. The lowest BCUT2D eigenvalue weighted by atomic mass is 10.1. The summed E-state index contributed by atoms with van der Waals surface area (Å²) in [5.41, 5.74) is 1.95. The quantitative estimate of drug-likeness (QED) is 0.781. The number of carboxylic acids is 1. The van der Waals surface area contributed by atoms with Crippen molar-refractivity contribution in [3.8, 4) is 0 Å². The van der Waals surface area contributed by atoms with E-state index in [9.17, 15) is 4.79 Å². The average molecular weight is 256 g/mol. The smallest absolute Gasteiger partial charge is 0.321 e. The number of aliphatic carboxylic acids is 1. The first kappa shape index (κ1) is 12.0. The largest absolute Gasteiger partial charge is 0.480 e. The highest BCUT2D eigenvalue weighted by Crippen LogP contribution is 2.18. The molecule has 1 heterocycles. The fourth-order valence-electron chi connectivity index (χ4n) is 1.77. The van der Waals surface area contributed by atoms with Crippen LogP contribution >= 0.6 is 12.4 Å². The number of benzene rings is 1. The molecule has 0 aliphatic heterocycles. The van der Waals surface area contributed by atoms with Gasteiger partial charge in [0.05, 0.1) is 0 Å². The molecule has 0 aliphatic carbocycles. The molecular weight excluding hydrogens is 240 g/mol. The second kappa shape index (κ2) is 5.70. The first-order valence-electron chi connectivity index (χ1n) is 5.73. The van der Waals surface area contributed by atoms with Gasteiger partial charge in [0.1, 0.15) is 6.04 Å². The number of hydrogen-bond donors (Lipinski definition) is 3. The van der Waals surface area contributed by atoms with Crippen molar-refractivity contribution in [2.75, 3.05) is 7.02 Å². The summed E-state index contributed by atoms with van der Waals surface area (Å²) in [6, 6.07) is 7.05. The zero-order valence-electron chi connectivity index (χ0n) is 10.1. The molecule has 0 saturated heterocycles. The minimum atomic E-state index is -0.928. The Bertz CT molecular complexity index is 530. The van der Waals surface area contributed by atoms with Crippen molar-refractivity contribution in [2.24, 2.45) is 0 Å². The summed E-state index contributed by atoms with van der Waals surface area (Å²) in [5, 5.41) is 12.7. The molecule has 2 aromatic rings. The van der Waals surface area contributed by atoms with Crippen LogP contribution in [0.4, 0.5) is 0 Å². The number of nitrogens with one attached hydrogen (secondary N) is 2. The Morgan fingerprint density at radius 2 is 2.35 bits per heavy atom. The van der Waals surface area contributed by atoms with Crippen LogP contribution in [0.1, 0.15) is 6.93 Å². The predicted octanol–water partition coefficient (Wildman–Crippen LogP) is 1.80. The number of likely N-dealkylation sites (N-methyl/N-ethyl adjacent to an activating group) is 1. The highest BCUT2D eigenvalue weighted by Gasteiger charge is 2.16. The number of para-hydroxylation sites is 1. The van der Waals surface area contributed by atoms with E-state index in [1.54, 1.807) is 0 Å². The molecule has 4 nitrogen and oxygen atoms in total. The van der Waals surface area contributed by atoms with Gasteiger partial charge in [0.15, 0.2) is 0 Å². The first-order chi connectivity index (χ1) is 8.22. The Morgan fingerprint density at radius 3 is 3.06 bits per heavy atom. The zero-order valence-corrected chi connectivity index (χ0v) is 9.96. The Kier molecular flexibility index (Phi) is 4.01. The SMILES string of the molecule is Cl.[2H]CN[C@@H](Cc1c[nH]c2ccccc12)C(=O)O. The third-order valence-electron chi connectivity index (χ3n) is 2.64. The predicted molar refractivity (Wildman–Crippen MR) is 69.7 cm³/mol. The minimum absolute atomic E-state index is 0. The van der Waals surface area contributed by atoms with Gasteiger partial charge >= 0.3 is 5.97 Å². The van der Waals surface area contributed by atoms with E-state index < -0.39 is 12.0 Å². The van der Waals surface area contributed by atoms with Gasteiger partial charge in [0, 0.05) is 24.9 Å². The third-order valence-corrected chi connectivity index (χ3v) is 2.64. The van der Waals surface area contributed by atoms with Crippen molar-refractivity contribution in [1.29, 1.82) is 0 Å². The van der Waals surface area contributed by atoms with E-state index in [2.05, 4.69) is 10.3 Å². The highest BCUT2D eigenvalue weighted by atomic mass is 35.5. The highest BCUT2D eigenvalue weighted by molar-refractivity contribution is 5.85. The molecule has 0 unspecified atom stereocenters. The van der Waals surface area contributed by atoms with Gasteiger partial charge in [0.2, 0.25) is 0 Å². The summed E-state index contributed by atoms with van der Waals surface area (Å²) >= 11 is 0. The van der Waals surface area contributed by atoms with Gasteiger partial charge in [-0.05, 0) is 18.7 Å². The first-order valence-corrected chi connectivity index (χ1v) is 5.03. The van der Waals surface area contributed by atoms with Crippen LogP contribution in [-0.2, 0) is 11.2 Å².